The maximum atomic E-state index is 12.8. The maximum Gasteiger partial charge on any atom is 0.416 e. The van der Waals surface area contributed by atoms with Gasteiger partial charge in [-0.15, -0.1) is 0 Å². The number of carbonyl (C=O) groups is 2. The molecule has 2 fully saturated rings. The Balaban J connectivity index is 1.64. The molecule has 2 N–H and O–H groups in total. The molecule has 1 aromatic carbocycles. The van der Waals surface area contributed by atoms with Crippen molar-refractivity contribution >= 4 is 11.8 Å². The maximum absolute atomic E-state index is 12.8. The van der Waals surface area contributed by atoms with Crippen LogP contribution in [-0.4, -0.2) is 47.3 Å². The van der Waals surface area contributed by atoms with Gasteiger partial charge in [-0.1, -0.05) is 12.1 Å². The van der Waals surface area contributed by atoms with E-state index in [-0.39, 0.29) is 37.4 Å². The molecule has 5 nitrogen and oxygen atoms in total. The van der Waals surface area contributed by atoms with Crippen molar-refractivity contribution in [2.24, 2.45) is 11.7 Å². The van der Waals surface area contributed by atoms with E-state index < -0.39 is 17.7 Å². The summed E-state index contributed by atoms with van der Waals surface area (Å²) in [6.07, 6.45) is -3.57. The first-order valence-corrected chi connectivity index (χ1v) is 8.22. The molecule has 0 saturated carbocycles. The molecule has 0 bridgehead atoms. The van der Waals surface area contributed by atoms with Crippen LogP contribution >= 0.6 is 0 Å². The Morgan fingerprint density at radius 1 is 1.28 bits per heavy atom. The van der Waals surface area contributed by atoms with Crippen molar-refractivity contribution in [3.8, 4) is 0 Å². The van der Waals surface area contributed by atoms with Crippen LogP contribution in [0.1, 0.15) is 24.0 Å². The molecule has 0 aliphatic carbocycles. The van der Waals surface area contributed by atoms with E-state index in [1.807, 2.05) is 0 Å². The number of carbonyl (C=O) groups excluding carboxylic acids is 2. The van der Waals surface area contributed by atoms with Crippen molar-refractivity contribution in [1.82, 2.24) is 9.80 Å². The monoisotopic (exact) mass is 355 g/mol. The molecule has 136 valence electrons. The third-order valence-electron chi connectivity index (χ3n) is 4.73. The van der Waals surface area contributed by atoms with E-state index in [1.165, 1.54) is 11.0 Å². The summed E-state index contributed by atoms with van der Waals surface area (Å²) in [5.74, 6) is -0.740. The number of rotatable bonds is 3. The fourth-order valence-corrected chi connectivity index (χ4v) is 3.40. The average molecular weight is 355 g/mol. The number of benzene rings is 1. The second kappa shape index (κ2) is 6.67. The third kappa shape index (κ3) is 3.95. The number of nitrogens with two attached hydrogens (primary N) is 1. The zero-order valence-corrected chi connectivity index (χ0v) is 13.6. The summed E-state index contributed by atoms with van der Waals surface area (Å²) in [6, 6.07) is 4.90. The number of alkyl halides is 3. The molecular formula is C17H20F3N3O2. The first-order valence-electron chi connectivity index (χ1n) is 8.22. The van der Waals surface area contributed by atoms with Crippen LogP contribution in [0.4, 0.5) is 13.2 Å². The molecule has 0 aromatic heterocycles. The van der Waals surface area contributed by atoms with E-state index >= 15 is 0 Å². The lowest BCUT2D eigenvalue weighted by molar-refractivity contribution is -0.137. The summed E-state index contributed by atoms with van der Waals surface area (Å²) in [7, 11) is 0. The lowest BCUT2D eigenvalue weighted by atomic mass is 10.1. The van der Waals surface area contributed by atoms with Gasteiger partial charge in [0.25, 0.3) is 0 Å². The Bertz CT molecular complexity index is 677. The Labute approximate surface area is 143 Å². The molecule has 2 heterocycles. The van der Waals surface area contributed by atoms with E-state index in [9.17, 15) is 22.8 Å². The summed E-state index contributed by atoms with van der Waals surface area (Å²) >= 11 is 0. The van der Waals surface area contributed by atoms with Crippen molar-refractivity contribution in [2.75, 3.05) is 19.6 Å². The zero-order valence-electron chi connectivity index (χ0n) is 13.6. The summed E-state index contributed by atoms with van der Waals surface area (Å²) in [6.45, 7) is 1.40. The van der Waals surface area contributed by atoms with Gasteiger partial charge in [0.15, 0.2) is 0 Å². The Morgan fingerprint density at radius 2 is 2.04 bits per heavy atom. The highest BCUT2D eigenvalue weighted by Crippen LogP contribution is 2.30. The number of halogens is 3. The molecule has 0 radical (unpaired) electrons. The molecule has 3 rings (SSSR count). The third-order valence-corrected chi connectivity index (χ3v) is 4.73. The highest BCUT2D eigenvalue weighted by atomic mass is 19.4. The van der Waals surface area contributed by atoms with Gasteiger partial charge >= 0.3 is 6.18 Å². The number of likely N-dealkylation sites (tertiary alicyclic amines) is 2. The van der Waals surface area contributed by atoms with Gasteiger partial charge in [0.1, 0.15) is 0 Å². The van der Waals surface area contributed by atoms with Crippen molar-refractivity contribution in [3.63, 3.8) is 0 Å². The summed E-state index contributed by atoms with van der Waals surface area (Å²) < 4.78 is 38.4. The van der Waals surface area contributed by atoms with E-state index in [1.54, 1.807) is 11.0 Å². The molecule has 1 unspecified atom stereocenters. The van der Waals surface area contributed by atoms with Crippen LogP contribution < -0.4 is 5.73 Å². The predicted molar refractivity (Wildman–Crippen MR) is 84.1 cm³/mol. The number of hydrogen-bond acceptors (Lipinski definition) is 3. The van der Waals surface area contributed by atoms with Gasteiger partial charge in [0.2, 0.25) is 11.8 Å². The molecule has 8 heteroatoms. The Morgan fingerprint density at radius 3 is 2.68 bits per heavy atom. The van der Waals surface area contributed by atoms with Crippen LogP contribution in [-0.2, 0) is 22.3 Å². The summed E-state index contributed by atoms with van der Waals surface area (Å²) in [5, 5.41) is 0. The summed E-state index contributed by atoms with van der Waals surface area (Å²) in [4.78, 5) is 27.8. The van der Waals surface area contributed by atoms with Crippen LogP contribution in [0.3, 0.4) is 0 Å². The molecule has 0 spiro atoms. The Kier molecular flexibility index (Phi) is 4.73. The fraction of sp³-hybridized carbons (Fsp3) is 0.529. The van der Waals surface area contributed by atoms with E-state index in [4.69, 9.17) is 5.73 Å². The minimum atomic E-state index is -4.42. The van der Waals surface area contributed by atoms with Gasteiger partial charge < -0.3 is 15.5 Å². The molecule has 1 aromatic rings. The van der Waals surface area contributed by atoms with E-state index in [0.29, 0.717) is 18.7 Å². The van der Waals surface area contributed by atoms with Crippen molar-refractivity contribution < 1.29 is 22.8 Å². The van der Waals surface area contributed by atoms with Crippen LogP contribution in [0, 0.1) is 5.92 Å². The van der Waals surface area contributed by atoms with Crippen LogP contribution in [0.25, 0.3) is 0 Å². The first kappa shape index (κ1) is 17.7. The molecule has 25 heavy (non-hydrogen) atoms. The quantitative estimate of drug-likeness (QED) is 0.896. The smallest absolute Gasteiger partial charge is 0.341 e. The van der Waals surface area contributed by atoms with Crippen LogP contribution in [0.15, 0.2) is 24.3 Å². The second-order valence-electron chi connectivity index (χ2n) is 6.71. The molecule has 2 amide bonds. The highest BCUT2D eigenvalue weighted by Gasteiger charge is 2.38. The van der Waals surface area contributed by atoms with Gasteiger partial charge in [-0.25, -0.2) is 0 Å². The lowest BCUT2D eigenvalue weighted by Gasteiger charge is -2.21. The van der Waals surface area contributed by atoms with Crippen molar-refractivity contribution in [1.29, 1.82) is 0 Å². The Hall–Kier alpha value is -2.09. The molecule has 2 aliphatic heterocycles. The van der Waals surface area contributed by atoms with E-state index in [0.717, 1.165) is 18.6 Å². The largest absolute Gasteiger partial charge is 0.416 e. The van der Waals surface area contributed by atoms with Crippen LogP contribution in [0.2, 0.25) is 0 Å². The second-order valence-corrected chi connectivity index (χ2v) is 6.71. The number of amides is 2. The van der Waals surface area contributed by atoms with Gasteiger partial charge in [0, 0.05) is 38.6 Å². The summed E-state index contributed by atoms with van der Waals surface area (Å²) in [5.41, 5.74) is 5.47. The lowest BCUT2D eigenvalue weighted by Crippen LogP contribution is -2.37. The highest BCUT2D eigenvalue weighted by molar-refractivity contribution is 5.89. The van der Waals surface area contributed by atoms with Gasteiger partial charge in [-0.2, -0.15) is 13.2 Å². The van der Waals surface area contributed by atoms with Crippen LogP contribution in [0.5, 0.6) is 0 Å². The van der Waals surface area contributed by atoms with E-state index in [2.05, 4.69) is 0 Å². The molecular weight excluding hydrogens is 335 g/mol. The van der Waals surface area contributed by atoms with Gasteiger partial charge in [-0.05, 0) is 24.1 Å². The molecule has 2 saturated heterocycles. The fourth-order valence-electron chi connectivity index (χ4n) is 3.40. The standard InChI is InChI=1S/C17H20F3N3O2/c18-17(19,20)13-3-1-2-11(6-13)8-23-9-12(7-15(23)24)16(25)22-5-4-14(21)10-22/h1-3,6,12,14H,4-5,7-10,21H2/t12?,14-/m1/s1. The topological polar surface area (TPSA) is 66.6 Å². The van der Waals surface area contributed by atoms with Gasteiger partial charge in [0.05, 0.1) is 11.5 Å². The average Bonchev–Trinajstić information content (AvgIpc) is 3.13. The number of nitrogens with zero attached hydrogens (tertiary/aromatic N) is 2. The van der Waals surface area contributed by atoms with Crippen molar-refractivity contribution in [3.05, 3.63) is 35.4 Å². The molecule has 2 atom stereocenters. The minimum Gasteiger partial charge on any atom is -0.341 e. The predicted octanol–water partition coefficient (Wildman–Crippen LogP) is 1.61. The minimum absolute atomic E-state index is 0.0257. The molecule has 2 aliphatic rings. The van der Waals surface area contributed by atoms with Gasteiger partial charge in [-0.3, -0.25) is 9.59 Å². The SMILES string of the molecule is N[C@@H]1CCN(C(=O)C2CC(=O)N(Cc3cccc(C(F)(F)F)c3)C2)C1. The normalized spacial score (nSPS) is 24.2. The van der Waals surface area contributed by atoms with Crippen molar-refractivity contribution in [2.45, 2.75) is 31.6 Å². The number of hydrogen-bond donors (Lipinski definition) is 1. The zero-order chi connectivity index (χ0) is 18.2. The first-order chi connectivity index (χ1) is 11.7.